The minimum absolute atomic E-state index is 0.114. The molecule has 7 nitrogen and oxygen atoms in total. The molecule has 9 heteroatoms. The summed E-state index contributed by atoms with van der Waals surface area (Å²) >= 11 is 7.52. The largest absolute Gasteiger partial charge is 0.452 e. The van der Waals surface area contributed by atoms with Gasteiger partial charge in [0, 0.05) is 23.2 Å². The molecule has 1 aromatic carbocycles. The summed E-state index contributed by atoms with van der Waals surface area (Å²) in [5.41, 5.74) is 1.41. The van der Waals surface area contributed by atoms with Crippen molar-refractivity contribution in [3.05, 3.63) is 64.7 Å². The van der Waals surface area contributed by atoms with E-state index in [0.717, 1.165) is 10.5 Å². The highest BCUT2D eigenvalue weighted by molar-refractivity contribution is 7.15. The summed E-state index contributed by atoms with van der Waals surface area (Å²) in [5, 5.41) is 10.0. The first-order chi connectivity index (χ1) is 12.7. The van der Waals surface area contributed by atoms with E-state index in [1.807, 2.05) is 41.9 Å². The van der Waals surface area contributed by atoms with Gasteiger partial charge < -0.3 is 9.15 Å². The van der Waals surface area contributed by atoms with Gasteiger partial charge in [-0.15, -0.1) is 21.5 Å². The van der Waals surface area contributed by atoms with E-state index < -0.39 is 5.97 Å². The molecule has 0 aliphatic heterocycles. The number of esters is 1. The van der Waals surface area contributed by atoms with E-state index in [9.17, 15) is 4.79 Å². The minimum Gasteiger partial charge on any atom is -0.452 e. The van der Waals surface area contributed by atoms with Crippen LogP contribution in [0.5, 0.6) is 0 Å². The van der Waals surface area contributed by atoms with Crippen molar-refractivity contribution in [2.24, 2.45) is 0 Å². The molecule has 4 aromatic rings. The quantitative estimate of drug-likeness (QED) is 0.382. The lowest BCUT2D eigenvalue weighted by Gasteiger charge is -1.97. The molecule has 0 aliphatic carbocycles. The Morgan fingerprint density at radius 1 is 1.31 bits per heavy atom. The van der Waals surface area contributed by atoms with Gasteiger partial charge in [-0.05, 0) is 18.2 Å². The van der Waals surface area contributed by atoms with E-state index in [2.05, 4.69) is 15.2 Å². The Bertz CT molecular complexity index is 1080. The van der Waals surface area contributed by atoms with Crippen molar-refractivity contribution in [2.75, 3.05) is 0 Å². The first-order valence-corrected chi connectivity index (χ1v) is 8.80. The maximum absolute atomic E-state index is 11.9. The summed E-state index contributed by atoms with van der Waals surface area (Å²) in [6.45, 7) is -0.114. The fourth-order valence-electron chi connectivity index (χ4n) is 2.26. The van der Waals surface area contributed by atoms with Gasteiger partial charge in [0.1, 0.15) is 0 Å². The van der Waals surface area contributed by atoms with E-state index in [4.69, 9.17) is 20.8 Å². The average molecular weight is 387 g/mol. The summed E-state index contributed by atoms with van der Waals surface area (Å²) in [6, 6.07) is 9.34. The van der Waals surface area contributed by atoms with Crippen LogP contribution in [0.4, 0.5) is 0 Å². The molecule has 0 fully saturated rings. The maximum atomic E-state index is 11.9. The third-order valence-electron chi connectivity index (χ3n) is 3.46. The molecule has 130 valence electrons. The van der Waals surface area contributed by atoms with Crippen molar-refractivity contribution in [3.63, 3.8) is 0 Å². The van der Waals surface area contributed by atoms with Gasteiger partial charge >= 0.3 is 5.97 Å². The van der Waals surface area contributed by atoms with Crippen LogP contribution in [0.25, 0.3) is 22.5 Å². The monoisotopic (exact) mass is 386 g/mol. The van der Waals surface area contributed by atoms with Crippen LogP contribution in [0.3, 0.4) is 0 Å². The zero-order valence-corrected chi connectivity index (χ0v) is 14.8. The molecule has 0 unspecified atom stereocenters. The molecule has 3 aromatic heterocycles. The second-order valence-electron chi connectivity index (χ2n) is 5.15. The third-order valence-corrected chi connectivity index (χ3v) is 4.49. The maximum Gasteiger partial charge on any atom is 0.331 e. The van der Waals surface area contributed by atoms with Crippen LogP contribution in [0.2, 0.25) is 5.15 Å². The number of halogens is 1. The molecule has 0 amide bonds. The van der Waals surface area contributed by atoms with E-state index in [0.29, 0.717) is 16.7 Å². The van der Waals surface area contributed by atoms with Crippen molar-refractivity contribution < 1.29 is 13.9 Å². The lowest BCUT2D eigenvalue weighted by Crippen LogP contribution is -2.01. The van der Waals surface area contributed by atoms with Crippen LogP contribution >= 0.6 is 22.9 Å². The SMILES string of the molecule is O=C(/C=C/c1c(Cl)nc2sccn12)OCc1nnc(-c2ccccc2)o1. The Morgan fingerprint density at radius 2 is 2.15 bits per heavy atom. The van der Waals surface area contributed by atoms with Crippen molar-refractivity contribution >= 4 is 39.9 Å². The molecule has 0 saturated heterocycles. The first kappa shape index (κ1) is 16.5. The van der Waals surface area contributed by atoms with Crippen LogP contribution in [-0.4, -0.2) is 25.6 Å². The van der Waals surface area contributed by atoms with Gasteiger partial charge in [0.25, 0.3) is 5.89 Å². The van der Waals surface area contributed by atoms with Gasteiger partial charge in [-0.3, -0.25) is 4.40 Å². The van der Waals surface area contributed by atoms with E-state index >= 15 is 0 Å². The molecule has 0 aliphatic rings. The zero-order valence-electron chi connectivity index (χ0n) is 13.2. The Balaban J connectivity index is 1.39. The number of carbonyl (C=O) groups is 1. The summed E-state index contributed by atoms with van der Waals surface area (Å²) in [4.78, 5) is 16.8. The molecule has 4 rings (SSSR count). The molecular formula is C17H11ClN4O3S. The number of hydrogen-bond donors (Lipinski definition) is 0. The van der Waals surface area contributed by atoms with Gasteiger partial charge in [-0.2, -0.15) is 0 Å². The van der Waals surface area contributed by atoms with Crippen molar-refractivity contribution in [2.45, 2.75) is 6.61 Å². The lowest BCUT2D eigenvalue weighted by atomic mass is 10.2. The third kappa shape index (κ3) is 3.37. The highest BCUT2D eigenvalue weighted by Gasteiger charge is 2.11. The number of ether oxygens (including phenoxy) is 1. The molecule has 3 heterocycles. The topological polar surface area (TPSA) is 82.5 Å². The number of aromatic nitrogens is 4. The number of rotatable bonds is 5. The van der Waals surface area contributed by atoms with Gasteiger partial charge in [0.15, 0.2) is 16.7 Å². The van der Waals surface area contributed by atoms with Crippen molar-refractivity contribution in [1.29, 1.82) is 0 Å². The zero-order chi connectivity index (χ0) is 17.9. The number of hydrogen-bond acceptors (Lipinski definition) is 7. The summed E-state index contributed by atoms with van der Waals surface area (Å²) in [5.74, 6) is 0.0389. The molecule has 0 spiro atoms. The number of thiazole rings is 1. The Kier molecular flexibility index (Phi) is 4.51. The number of nitrogens with zero attached hydrogens (tertiary/aromatic N) is 4. The van der Waals surface area contributed by atoms with E-state index in [1.165, 1.54) is 17.4 Å². The van der Waals surface area contributed by atoms with Gasteiger partial charge in [-0.1, -0.05) is 29.8 Å². The highest BCUT2D eigenvalue weighted by Crippen LogP contribution is 2.22. The Hall–Kier alpha value is -2.97. The summed E-state index contributed by atoms with van der Waals surface area (Å²) in [6.07, 6.45) is 4.66. The first-order valence-electron chi connectivity index (χ1n) is 7.54. The van der Waals surface area contributed by atoms with Gasteiger partial charge in [0.05, 0.1) is 5.69 Å². The molecular weight excluding hydrogens is 376 g/mol. The second kappa shape index (κ2) is 7.11. The van der Waals surface area contributed by atoms with Crippen LogP contribution in [0.15, 0.2) is 52.4 Å². The number of benzene rings is 1. The Labute approximate surface area is 156 Å². The molecule has 26 heavy (non-hydrogen) atoms. The highest BCUT2D eigenvalue weighted by atomic mass is 35.5. The number of fused-ring (bicyclic) bond motifs is 1. The molecule has 0 atom stereocenters. The summed E-state index contributed by atoms with van der Waals surface area (Å²) < 4.78 is 12.4. The molecule has 0 bridgehead atoms. The fourth-order valence-corrected chi connectivity index (χ4v) is 3.27. The predicted molar refractivity (Wildman–Crippen MR) is 96.6 cm³/mol. The normalized spacial score (nSPS) is 11.4. The molecule has 0 N–H and O–H groups in total. The molecule has 0 saturated carbocycles. The second-order valence-corrected chi connectivity index (χ2v) is 6.38. The van der Waals surface area contributed by atoms with Gasteiger partial charge in [0.2, 0.25) is 5.89 Å². The average Bonchev–Trinajstić information content (AvgIpc) is 3.36. The predicted octanol–water partition coefficient (Wildman–Crippen LogP) is 3.86. The van der Waals surface area contributed by atoms with Crippen LogP contribution in [-0.2, 0) is 16.1 Å². The van der Waals surface area contributed by atoms with E-state index in [1.54, 1.807) is 10.5 Å². The van der Waals surface area contributed by atoms with Crippen LogP contribution < -0.4 is 0 Å². The standard InChI is InChI=1S/C17H11ClN4O3S/c18-15-12(22-8-9-26-17(22)19-15)6-7-14(23)24-10-13-20-21-16(25-13)11-4-2-1-3-5-11/h1-9H,10H2/b7-6+. The summed E-state index contributed by atoms with van der Waals surface area (Å²) in [7, 11) is 0. The lowest BCUT2D eigenvalue weighted by molar-refractivity contribution is -0.139. The smallest absolute Gasteiger partial charge is 0.331 e. The number of imidazole rings is 1. The fraction of sp³-hybridized carbons (Fsp3) is 0.0588. The van der Waals surface area contributed by atoms with Crippen LogP contribution in [0, 0.1) is 0 Å². The minimum atomic E-state index is -0.550. The van der Waals surface area contributed by atoms with Gasteiger partial charge in [-0.25, -0.2) is 9.78 Å². The number of carbonyl (C=O) groups excluding carboxylic acids is 1. The van der Waals surface area contributed by atoms with Crippen LogP contribution in [0.1, 0.15) is 11.6 Å². The van der Waals surface area contributed by atoms with E-state index in [-0.39, 0.29) is 12.5 Å². The van der Waals surface area contributed by atoms with Crippen molar-refractivity contribution in [3.8, 4) is 11.5 Å². The molecule has 0 radical (unpaired) electrons. The van der Waals surface area contributed by atoms with Crippen molar-refractivity contribution in [1.82, 2.24) is 19.6 Å². The Morgan fingerprint density at radius 3 is 3.00 bits per heavy atom.